The minimum Gasteiger partial charge on any atom is -0.383 e. The van der Waals surface area contributed by atoms with Crippen LogP contribution in [0, 0.1) is 0 Å². The molecule has 1 heterocycles. The second-order valence-corrected chi connectivity index (χ2v) is 6.35. The maximum absolute atomic E-state index is 12.3. The molecule has 0 bridgehead atoms. The van der Waals surface area contributed by atoms with E-state index < -0.39 is 0 Å². The Bertz CT molecular complexity index is 680. The van der Waals surface area contributed by atoms with E-state index in [0.717, 1.165) is 11.3 Å². The molecule has 5 nitrogen and oxygen atoms in total. The van der Waals surface area contributed by atoms with Gasteiger partial charge in [0.05, 0.1) is 25.9 Å². The third-order valence-corrected chi connectivity index (χ3v) is 4.45. The normalized spacial score (nSPS) is 13.9. The number of alkyl halides is 1. The summed E-state index contributed by atoms with van der Waals surface area (Å²) in [6.45, 7) is 1.76. The van der Waals surface area contributed by atoms with Crippen LogP contribution in [0.5, 0.6) is 0 Å². The molecule has 1 aromatic heterocycles. The van der Waals surface area contributed by atoms with E-state index in [1.165, 1.54) is 18.4 Å². The van der Waals surface area contributed by atoms with E-state index in [0.29, 0.717) is 25.6 Å². The molecule has 1 amide bonds. The molecule has 0 spiro atoms. The Balaban J connectivity index is 1.73. The highest BCUT2D eigenvalue weighted by Crippen LogP contribution is 2.40. The molecule has 1 saturated carbocycles. The average molecular weight is 348 g/mol. The van der Waals surface area contributed by atoms with Crippen LogP contribution in [0.2, 0.25) is 0 Å². The standard InChI is InChI=1S/C18H22ClN3O2/c1-24-9-8-21-12-14(11-20-21)13-22(18(23)10-19)17-6-4-16(5-7-17)15-2-3-15/h4-7,11-12,15H,2-3,8-10,13H2,1H3. The molecule has 0 saturated heterocycles. The van der Waals surface area contributed by atoms with Gasteiger partial charge in [0.2, 0.25) is 5.91 Å². The summed E-state index contributed by atoms with van der Waals surface area (Å²) in [5, 5.41) is 4.30. The summed E-state index contributed by atoms with van der Waals surface area (Å²) >= 11 is 5.80. The zero-order chi connectivity index (χ0) is 16.9. The van der Waals surface area contributed by atoms with E-state index in [2.05, 4.69) is 17.2 Å². The van der Waals surface area contributed by atoms with Gasteiger partial charge in [0.1, 0.15) is 5.88 Å². The molecule has 128 valence electrons. The van der Waals surface area contributed by atoms with E-state index in [9.17, 15) is 4.79 Å². The van der Waals surface area contributed by atoms with Crippen molar-refractivity contribution in [2.75, 3.05) is 24.5 Å². The molecule has 0 atom stereocenters. The smallest absolute Gasteiger partial charge is 0.242 e. The van der Waals surface area contributed by atoms with Crippen molar-refractivity contribution in [3.8, 4) is 0 Å². The number of benzene rings is 1. The number of rotatable bonds is 8. The second-order valence-electron chi connectivity index (χ2n) is 6.08. The SMILES string of the molecule is COCCn1cc(CN(C(=O)CCl)c2ccc(C3CC3)cc2)cn1. The fourth-order valence-corrected chi connectivity index (χ4v) is 2.86. The first kappa shape index (κ1) is 17.0. The van der Waals surface area contributed by atoms with Gasteiger partial charge in [-0.15, -0.1) is 11.6 Å². The van der Waals surface area contributed by atoms with Gasteiger partial charge in [0, 0.05) is 24.6 Å². The predicted octanol–water partition coefficient (Wildman–Crippen LogP) is 3.18. The number of carbonyl (C=O) groups is 1. The van der Waals surface area contributed by atoms with Crippen molar-refractivity contribution < 1.29 is 9.53 Å². The number of aromatic nitrogens is 2. The van der Waals surface area contributed by atoms with Crippen LogP contribution >= 0.6 is 11.6 Å². The predicted molar refractivity (Wildman–Crippen MR) is 94.4 cm³/mol. The Morgan fingerprint density at radius 3 is 2.75 bits per heavy atom. The largest absolute Gasteiger partial charge is 0.383 e. The number of halogens is 1. The van der Waals surface area contributed by atoms with Crippen LogP contribution in [0.25, 0.3) is 0 Å². The number of anilines is 1. The van der Waals surface area contributed by atoms with Crippen LogP contribution in [-0.2, 0) is 22.6 Å². The Hall–Kier alpha value is -1.85. The molecular weight excluding hydrogens is 326 g/mol. The zero-order valence-electron chi connectivity index (χ0n) is 13.8. The Morgan fingerprint density at radius 1 is 1.38 bits per heavy atom. The lowest BCUT2D eigenvalue weighted by molar-refractivity contribution is -0.116. The summed E-state index contributed by atoms with van der Waals surface area (Å²) in [6, 6.07) is 8.24. The minimum absolute atomic E-state index is 0.0395. The van der Waals surface area contributed by atoms with Gasteiger partial charge in [0.15, 0.2) is 0 Å². The van der Waals surface area contributed by atoms with Crippen molar-refractivity contribution >= 4 is 23.2 Å². The summed E-state index contributed by atoms with van der Waals surface area (Å²) in [5.41, 5.74) is 3.19. The first-order valence-electron chi connectivity index (χ1n) is 8.18. The minimum atomic E-state index is -0.111. The second kappa shape index (κ2) is 7.81. The number of ether oxygens (including phenoxy) is 1. The lowest BCUT2D eigenvalue weighted by atomic mass is 10.1. The van der Waals surface area contributed by atoms with Crippen LogP contribution in [0.3, 0.4) is 0 Å². The monoisotopic (exact) mass is 347 g/mol. The number of hydrogen-bond donors (Lipinski definition) is 0. The molecule has 3 rings (SSSR count). The summed E-state index contributed by atoms with van der Waals surface area (Å²) in [6.07, 6.45) is 6.25. The first-order chi connectivity index (χ1) is 11.7. The van der Waals surface area contributed by atoms with Gasteiger partial charge in [-0.3, -0.25) is 9.48 Å². The Morgan fingerprint density at radius 2 is 2.12 bits per heavy atom. The third-order valence-electron chi connectivity index (χ3n) is 4.22. The molecule has 0 radical (unpaired) electrons. The Labute approximate surface area is 147 Å². The molecule has 1 aliphatic carbocycles. The van der Waals surface area contributed by atoms with Gasteiger partial charge in [-0.1, -0.05) is 12.1 Å². The van der Waals surface area contributed by atoms with Crippen molar-refractivity contribution in [1.82, 2.24) is 9.78 Å². The number of nitrogens with zero attached hydrogens (tertiary/aromatic N) is 3. The van der Waals surface area contributed by atoms with Crippen LogP contribution < -0.4 is 4.90 Å². The molecule has 24 heavy (non-hydrogen) atoms. The lowest BCUT2D eigenvalue weighted by Crippen LogP contribution is -2.31. The van der Waals surface area contributed by atoms with Gasteiger partial charge in [-0.2, -0.15) is 5.10 Å². The van der Waals surface area contributed by atoms with E-state index in [1.54, 1.807) is 18.2 Å². The fourth-order valence-electron chi connectivity index (χ4n) is 2.72. The number of hydrogen-bond acceptors (Lipinski definition) is 3. The molecule has 0 aliphatic heterocycles. The molecule has 1 fully saturated rings. The van der Waals surface area contributed by atoms with Gasteiger partial charge < -0.3 is 9.64 Å². The molecule has 0 unspecified atom stereocenters. The van der Waals surface area contributed by atoms with Crippen LogP contribution in [0.1, 0.15) is 29.9 Å². The molecule has 2 aromatic rings. The van der Waals surface area contributed by atoms with Gasteiger partial charge in [-0.05, 0) is 36.5 Å². The maximum atomic E-state index is 12.3. The average Bonchev–Trinajstić information content (AvgIpc) is 3.37. The van der Waals surface area contributed by atoms with E-state index in [4.69, 9.17) is 16.3 Å². The Kier molecular flexibility index (Phi) is 5.53. The quantitative estimate of drug-likeness (QED) is 0.689. The van der Waals surface area contributed by atoms with E-state index in [-0.39, 0.29) is 11.8 Å². The first-order valence-corrected chi connectivity index (χ1v) is 8.71. The zero-order valence-corrected chi connectivity index (χ0v) is 14.6. The summed E-state index contributed by atoms with van der Waals surface area (Å²) < 4.78 is 6.87. The van der Waals surface area contributed by atoms with Crippen molar-refractivity contribution in [2.24, 2.45) is 0 Å². The third kappa shape index (κ3) is 4.16. The highest BCUT2D eigenvalue weighted by molar-refractivity contribution is 6.29. The van der Waals surface area contributed by atoms with E-state index in [1.807, 2.05) is 23.0 Å². The van der Waals surface area contributed by atoms with Crippen LogP contribution in [0.15, 0.2) is 36.7 Å². The molecule has 6 heteroatoms. The highest BCUT2D eigenvalue weighted by atomic mass is 35.5. The maximum Gasteiger partial charge on any atom is 0.242 e. The summed E-state index contributed by atoms with van der Waals surface area (Å²) in [5.74, 6) is 0.554. The lowest BCUT2D eigenvalue weighted by Gasteiger charge is -2.21. The molecular formula is C18H22ClN3O2. The summed E-state index contributed by atoms with van der Waals surface area (Å²) in [7, 11) is 1.66. The van der Waals surface area contributed by atoms with Crippen molar-refractivity contribution in [1.29, 1.82) is 0 Å². The van der Waals surface area contributed by atoms with Crippen molar-refractivity contribution in [3.05, 3.63) is 47.8 Å². The van der Waals surface area contributed by atoms with E-state index >= 15 is 0 Å². The number of methoxy groups -OCH3 is 1. The summed E-state index contributed by atoms with van der Waals surface area (Å²) in [4.78, 5) is 14.0. The van der Waals surface area contributed by atoms with Crippen LogP contribution in [-0.4, -0.2) is 35.3 Å². The number of carbonyl (C=O) groups excluding carboxylic acids is 1. The fraction of sp³-hybridized carbons (Fsp3) is 0.444. The van der Waals surface area contributed by atoms with Crippen molar-refractivity contribution in [2.45, 2.75) is 31.8 Å². The van der Waals surface area contributed by atoms with Crippen molar-refractivity contribution in [3.63, 3.8) is 0 Å². The van der Waals surface area contributed by atoms with Gasteiger partial charge in [0.25, 0.3) is 0 Å². The topological polar surface area (TPSA) is 47.4 Å². The van der Waals surface area contributed by atoms with Gasteiger partial charge >= 0.3 is 0 Å². The number of amides is 1. The molecule has 0 N–H and O–H groups in total. The highest BCUT2D eigenvalue weighted by Gasteiger charge is 2.24. The molecule has 1 aromatic carbocycles. The van der Waals surface area contributed by atoms with Gasteiger partial charge in [-0.25, -0.2) is 0 Å². The molecule has 1 aliphatic rings. The van der Waals surface area contributed by atoms with Crippen LogP contribution in [0.4, 0.5) is 5.69 Å².